The van der Waals surface area contributed by atoms with E-state index in [4.69, 9.17) is 0 Å². The van der Waals surface area contributed by atoms with Crippen LogP contribution in [-0.4, -0.2) is 18.4 Å². The number of nitrogens with one attached hydrogen (secondary N) is 1. The van der Waals surface area contributed by atoms with Gasteiger partial charge in [0.25, 0.3) is 0 Å². The molecule has 1 aliphatic heterocycles. The zero-order chi connectivity index (χ0) is 17.1. The van der Waals surface area contributed by atoms with Crippen molar-refractivity contribution in [2.75, 3.05) is 11.4 Å². The molecule has 2 aromatic carbocycles. The Hall–Kier alpha value is -2.21. The lowest BCUT2D eigenvalue weighted by molar-refractivity contribution is -0.132. The Bertz CT molecular complexity index is 781. The molecule has 1 heterocycles. The third-order valence-electron chi connectivity index (χ3n) is 4.05. The molecule has 1 aliphatic rings. The van der Waals surface area contributed by atoms with Crippen molar-refractivity contribution in [1.29, 1.82) is 0 Å². The van der Waals surface area contributed by atoms with Crippen LogP contribution in [-0.2, 0) is 16.1 Å². The van der Waals surface area contributed by atoms with Gasteiger partial charge in [-0.2, -0.15) is 0 Å². The molecule has 24 heavy (non-hydrogen) atoms. The smallest absolute Gasteiger partial charge is 0.239 e. The number of amides is 2. The molecule has 0 spiro atoms. The second-order valence-corrected chi connectivity index (χ2v) is 6.54. The monoisotopic (exact) mass is 390 g/mol. The molecule has 124 valence electrons. The highest BCUT2D eigenvalue weighted by atomic mass is 79.9. The fourth-order valence-corrected chi connectivity index (χ4v) is 3.16. The fraction of sp³-hybridized carbons (Fsp3) is 0.222. The summed E-state index contributed by atoms with van der Waals surface area (Å²) in [4.78, 5) is 26.4. The molecule has 1 unspecified atom stereocenters. The zero-order valence-electron chi connectivity index (χ0n) is 12.8. The lowest BCUT2D eigenvalue weighted by Gasteiger charge is -2.17. The van der Waals surface area contributed by atoms with E-state index < -0.39 is 5.92 Å². The molecule has 0 aromatic heterocycles. The van der Waals surface area contributed by atoms with Crippen molar-refractivity contribution in [3.63, 3.8) is 0 Å². The molecule has 2 amide bonds. The highest BCUT2D eigenvalue weighted by Crippen LogP contribution is 2.27. The molecule has 2 aromatic rings. The molecule has 0 bridgehead atoms. The maximum Gasteiger partial charge on any atom is 0.239 e. The molecule has 3 rings (SSSR count). The minimum absolute atomic E-state index is 0.0756. The van der Waals surface area contributed by atoms with Gasteiger partial charge in [0.2, 0.25) is 11.8 Å². The third kappa shape index (κ3) is 3.48. The van der Waals surface area contributed by atoms with Gasteiger partial charge in [-0.05, 0) is 30.7 Å². The zero-order valence-corrected chi connectivity index (χ0v) is 14.4. The van der Waals surface area contributed by atoms with Crippen molar-refractivity contribution in [2.45, 2.75) is 13.0 Å². The van der Waals surface area contributed by atoms with E-state index >= 15 is 0 Å². The van der Waals surface area contributed by atoms with E-state index in [0.29, 0.717) is 18.5 Å². The number of halogens is 2. The van der Waals surface area contributed by atoms with Crippen molar-refractivity contribution < 1.29 is 14.0 Å². The van der Waals surface area contributed by atoms with Gasteiger partial charge in [0.05, 0.1) is 0 Å². The Morgan fingerprint density at radius 2 is 2.04 bits per heavy atom. The average molecular weight is 391 g/mol. The summed E-state index contributed by atoms with van der Waals surface area (Å²) in [6.45, 7) is 0.569. The summed E-state index contributed by atoms with van der Waals surface area (Å²) in [6.07, 6.45) is 0.453. The first-order chi connectivity index (χ1) is 11.6. The van der Waals surface area contributed by atoms with Crippen molar-refractivity contribution in [2.24, 2.45) is 5.92 Å². The molecule has 1 saturated heterocycles. The van der Waals surface area contributed by atoms with E-state index in [1.54, 1.807) is 23.1 Å². The summed E-state index contributed by atoms with van der Waals surface area (Å²) in [7, 11) is 0. The Morgan fingerprint density at radius 3 is 2.79 bits per heavy atom. The van der Waals surface area contributed by atoms with Crippen LogP contribution in [0.4, 0.5) is 10.1 Å². The van der Waals surface area contributed by atoms with Gasteiger partial charge < -0.3 is 10.2 Å². The Balaban J connectivity index is 1.64. The Labute approximate surface area is 147 Å². The topological polar surface area (TPSA) is 49.4 Å². The van der Waals surface area contributed by atoms with Crippen LogP contribution in [0.3, 0.4) is 0 Å². The summed E-state index contributed by atoms with van der Waals surface area (Å²) >= 11 is 3.38. The van der Waals surface area contributed by atoms with Gasteiger partial charge in [0.15, 0.2) is 0 Å². The van der Waals surface area contributed by atoms with Crippen LogP contribution in [0.25, 0.3) is 0 Å². The minimum atomic E-state index is -0.726. The van der Waals surface area contributed by atoms with Gasteiger partial charge in [-0.25, -0.2) is 4.39 Å². The lowest BCUT2D eigenvalue weighted by atomic mass is 10.1. The van der Waals surface area contributed by atoms with Crippen LogP contribution in [0.2, 0.25) is 0 Å². The molecule has 4 nitrogen and oxygen atoms in total. The number of benzene rings is 2. The molecule has 1 N–H and O–H groups in total. The number of rotatable bonds is 4. The van der Waals surface area contributed by atoms with E-state index in [2.05, 4.69) is 21.2 Å². The normalized spacial score (nSPS) is 17.2. The van der Waals surface area contributed by atoms with Gasteiger partial charge in [-0.15, -0.1) is 0 Å². The van der Waals surface area contributed by atoms with Crippen molar-refractivity contribution in [1.82, 2.24) is 5.32 Å². The van der Waals surface area contributed by atoms with Crippen LogP contribution in [0, 0.1) is 11.7 Å². The Morgan fingerprint density at radius 1 is 1.25 bits per heavy atom. The second kappa shape index (κ2) is 7.13. The van der Waals surface area contributed by atoms with Crippen molar-refractivity contribution in [3.8, 4) is 0 Å². The van der Waals surface area contributed by atoms with Gasteiger partial charge in [-0.3, -0.25) is 9.59 Å². The number of nitrogens with zero attached hydrogens (tertiary/aromatic N) is 1. The maximum atomic E-state index is 13.6. The lowest BCUT2D eigenvalue weighted by Crippen LogP contribution is -2.36. The molecular weight excluding hydrogens is 375 g/mol. The largest absolute Gasteiger partial charge is 0.351 e. The van der Waals surface area contributed by atoms with Crippen molar-refractivity contribution in [3.05, 3.63) is 64.4 Å². The van der Waals surface area contributed by atoms with E-state index in [0.717, 1.165) is 10.2 Å². The Kier molecular flexibility index (Phi) is 4.94. The number of anilines is 1. The number of hydrogen-bond donors (Lipinski definition) is 1. The predicted octanol–water partition coefficient (Wildman–Crippen LogP) is 3.26. The van der Waals surface area contributed by atoms with Crippen molar-refractivity contribution >= 4 is 33.4 Å². The molecule has 0 saturated carbocycles. The van der Waals surface area contributed by atoms with Crippen LogP contribution in [0.5, 0.6) is 0 Å². The summed E-state index contributed by atoms with van der Waals surface area (Å²) in [5.41, 5.74) is 1.17. The van der Waals surface area contributed by atoms with Crippen LogP contribution in [0.15, 0.2) is 53.0 Å². The highest BCUT2D eigenvalue weighted by molar-refractivity contribution is 9.10. The quantitative estimate of drug-likeness (QED) is 0.814. The maximum absolute atomic E-state index is 13.6. The van der Waals surface area contributed by atoms with E-state index in [-0.39, 0.29) is 24.2 Å². The second-order valence-electron chi connectivity index (χ2n) is 5.62. The first-order valence-corrected chi connectivity index (χ1v) is 8.43. The van der Waals surface area contributed by atoms with Gasteiger partial charge in [-0.1, -0.05) is 40.2 Å². The molecule has 0 radical (unpaired) electrons. The SMILES string of the molecule is O=C(NCc1ccccc1F)C1CCN(c2cccc(Br)c2)C1=O. The summed E-state index contributed by atoms with van der Waals surface area (Å²) in [6, 6.07) is 13.7. The third-order valence-corrected chi connectivity index (χ3v) is 4.55. The standard InChI is InChI=1S/C18H16BrFN2O2/c19-13-5-3-6-14(10-13)22-9-8-15(18(22)24)17(23)21-11-12-4-1-2-7-16(12)20/h1-7,10,15H,8-9,11H2,(H,21,23). The van der Waals surface area contributed by atoms with Gasteiger partial charge >= 0.3 is 0 Å². The first-order valence-electron chi connectivity index (χ1n) is 7.64. The summed E-state index contributed by atoms with van der Waals surface area (Å²) < 4.78 is 14.5. The molecular formula is C18H16BrFN2O2. The minimum Gasteiger partial charge on any atom is -0.351 e. The van der Waals surface area contributed by atoms with Gasteiger partial charge in [0, 0.05) is 28.8 Å². The molecule has 6 heteroatoms. The fourth-order valence-electron chi connectivity index (χ4n) is 2.77. The molecule has 1 atom stereocenters. The number of carbonyl (C=O) groups is 2. The number of hydrogen-bond acceptors (Lipinski definition) is 2. The summed E-state index contributed by atoms with van der Waals surface area (Å²) in [5, 5.41) is 2.66. The highest BCUT2D eigenvalue weighted by Gasteiger charge is 2.37. The summed E-state index contributed by atoms with van der Waals surface area (Å²) in [5.74, 6) is -1.68. The number of carbonyl (C=O) groups excluding carboxylic acids is 2. The van der Waals surface area contributed by atoms with E-state index in [1.807, 2.05) is 24.3 Å². The van der Waals surface area contributed by atoms with E-state index in [9.17, 15) is 14.0 Å². The van der Waals surface area contributed by atoms with Crippen LogP contribution in [0.1, 0.15) is 12.0 Å². The van der Waals surface area contributed by atoms with Crippen LogP contribution < -0.4 is 10.2 Å². The van der Waals surface area contributed by atoms with Crippen LogP contribution >= 0.6 is 15.9 Å². The predicted molar refractivity (Wildman–Crippen MR) is 92.8 cm³/mol. The van der Waals surface area contributed by atoms with Gasteiger partial charge in [0.1, 0.15) is 11.7 Å². The average Bonchev–Trinajstić information content (AvgIpc) is 2.95. The first kappa shape index (κ1) is 16.6. The molecule has 1 fully saturated rings. The van der Waals surface area contributed by atoms with E-state index in [1.165, 1.54) is 6.07 Å². The molecule has 0 aliphatic carbocycles.